The third kappa shape index (κ3) is 4.96. The number of anilines is 1. The molecule has 1 fully saturated rings. The van der Waals surface area contributed by atoms with Gasteiger partial charge in [-0.3, -0.25) is 4.90 Å². The highest BCUT2D eigenvalue weighted by Gasteiger charge is 2.28. The highest BCUT2D eigenvalue weighted by molar-refractivity contribution is 6.30. The standard InChI is InChI=1S/C24H23Cl2N3O/c25-20-8-6-19(7-9-20)23(18-4-2-1-3-5-18)28-14-16-29(17-15-28)24(30)27-22-12-10-21(26)11-13-22/h1-13,23H,14-17H2,(H,27,30). The molecule has 3 aromatic carbocycles. The van der Waals surface area contributed by atoms with Crippen LogP contribution in [0.2, 0.25) is 10.0 Å². The summed E-state index contributed by atoms with van der Waals surface area (Å²) in [5.74, 6) is 0. The Morgan fingerprint density at radius 1 is 0.733 bits per heavy atom. The van der Waals surface area contributed by atoms with Crippen molar-refractivity contribution in [2.75, 3.05) is 31.5 Å². The lowest BCUT2D eigenvalue weighted by atomic mass is 9.96. The zero-order valence-electron chi connectivity index (χ0n) is 16.5. The maximum atomic E-state index is 12.7. The van der Waals surface area contributed by atoms with E-state index in [2.05, 4.69) is 46.6 Å². The zero-order valence-corrected chi connectivity index (χ0v) is 18.0. The molecule has 4 rings (SSSR count). The van der Waals surface area contributed by atoms with Gasteiger partial charge in [0.05, 0.1) is 6.04 Å². The summed E-state index contributed by atoms with van der Waals surface area (Å²) in [6.07, 6.45) is 0. The Morgan fingerprint density at radius 2 is 1.27 bits per heavy atom. The lowest BCUT2D eigenvalue weighted by Gasteiger charge is -2.39. The van der Waals surface area contributed by atoms with Crippen molar-refractivity contribution in [3.8, 4) is 0 Å². The molecule has 6 heteroatoms. The molecule has 0 saturated carbocycles. The Hall–Kier alpha value is -2.53. The number of amides is 2. The molecule has 1 N–H and O–H groups in total. The molecule has 0 radical (unpaired) electrons. The lowest BCUT2D eigenvalue weighted by molar-refractivity contribution is 0.126. The molecule has 1 saturated heterocycles. The monoisotopic (exact) mass is 439 g/mol. The van der Waals surface area contributed by atoms with Gasteiger partial charge in [0.1, 0.15) is 0 Å². The third-order valence-corrected chi connectivity index (χ3v) is 5.87. The first-order valence-electron chi connectivity index (χ1n) is 9.96. The molecule has 0 aliphatic carbocycles. The number of halogens is 2. The highest BCUT2D eigenvalue weighted by atomic mass is 35.5. The summed E-state index contributed by atoms with van der Waals surface area (Å²) in [4.78, 5) is 16.9. The van der Waals surface area contributed by atoms with Gasteiger partial charge < -0.3 is 10.2 Å². The number of carbonyl (C=O) groups is 1. The van der Waals surface area contributed by atoms with E-state index in [1.807, 2.05) is 35.2 Å². The van der Waals surface area contributed by atoms with Gasteiger partial charge in [0.25, 0.3) is 0 Å². The van der Waals surface area contributed by atoms with E-state index in [1.54, 1.807) is 12.1 Å². The van der Waals surface area contributed by atoms with E-state index in [0.717, 1.165) is 23.8 Å². The van der Waals surface area contributed by atoms with E-state index in [4.69, 9.17) is 23.2 Å². The Labute approximate surface area is 187 Å². The van der Waals surface area contributed by atoms with Crippen LogP contribution in [0.25, 0.3) is 0 Å². The van der Waals surface area contributed by atoms with Gasteiger partial charge in [0, 0.05) is 41.9 Å². The number of hydrogen-bond donors (Lipinski definition) is 1. The number of urea groups is 1. The molecule has 3 aromatic rings. The van der Waals surface area contributed by atoms with Gasteiger partial charge in [-0.1, -0.05) is 65.7 Å². The normalized spacial score (nSPS) is 15.6. The Kier molecular flexibility index (Phi) is 6.58. The zero-order chi connectivity index (χ0) is 20.9. The largest absolute Gasteiger partial charge is 0.322 e. The van der Waals surface area contributed by atoms with Crippen LogP contribution in [-0.2, 0) is 0 Å². The molecule has 1 atom stereocenters. The Balaban J connectivity index is 1.45. The number of hydrogen-bond acceptors (Lipinski definition) is 2. The summed E-state index contributed by atoms with van der Waals surface area (Å²) in [6, 6.07) is 25.7. The lowest BCUT2D eigenvalue weighted by Crippen LogP contribution is -2.51. The van der Waals surface area contributed by atoms with Crippen molar-refractivity contribution < 1.29 is 4.79 Å². The highest BCUT2D eigenvalue weighted by Crippen LogP contribution is 2.30. The predicted molar refractivity (Wildman–Crippen MR) is 123 cm³/mol. The molecule has 0 bridgehead atoms. The Bertz CT molecular complexity index is 970. The van der Waals surface area contributed by atoms with Gasteiger partial charge in [0.2, 0.25) is 0 Å². The molecule has 0 spiro atoms. The predicted octanol–water partition coefficient (Wildman–Crippen LogP) is 5.93. The van der Waals surface area contributed by atoms with Crippen LogP contribution in [0.15, 0.2) is 78.9 Å². The summed E-state index contributed by atoms with van der Waals surface area (Å²) in [5, 5.41) is 4.33. The topological polar surface area (TPSA) is 35.6 Å². The number of carbonyl (C=O) groups excluding carboxylic acids is 1. The van der Waals surface area contributed by atoms with Crippen molar-refractivity contribution in [1.29, 1.82) is 0 Å². The molecular weight excluding hydrogens is 417 g/mol. The van der Waals surface area contributed by atoms with Gasteiger partial charge in [0.15, 0.2) is 0 Å². The fourth-order valence-corrected chi connectivity index (χ4v) is 4.07. The number of nitrogens with zero attached hydrogens (tertiary/aromatic N) is 2. The first-order chi connectivity index (χ1) is 14.6. The van der Waals surface area contributed by atoms with E-state index in [9.17, 15) is 4.79 Å². The van der Waals surface area contributed by atoms with Crippen molar-refractivity contribution in [3.63, 3.8) is 0 Å². The molecule has 2 amide bonds. The molecule has 30 heavy (non-hydrogen) atoms. The minimum Gasteiger partial charge on any atom is -0.322 e. The van der Waals surface area contributed by atoms with Crippen molar-refractivity contribution in [3.05, 3.63) is 100 Å². The second-order valence-corrected chi connectivity index (χ2v) is 8.20. The molecule has 0 aromatic heterocycles. The van der Waals surface area contributed by atoms with E-state index < -0.39 is 0 Å². The van der Waals surface area contributed by atoms with Gasteiger partial charge >= 0.3 is 6.03 Å². The molecule has 1 unspecified atom stereocenters. The van der Waals surface area contributed by atoms with Gasteiger partial charge in [-0.05, 0) is 47.5 Å². The van der Waals surface area contributed by atoms with Gasteiger partial charge in [-0.2, -0.15) is 0 Å². The summed E-state index contributed by atoms with van der Waals surface area (Å²) < 4.78 is 0. The van der Waals surface area contributed by atoms with E-state index in [-0.39, 0.29) is 12.1 Å². The first kappa shape index (κ1) is 20.7. The second-order valence-electron chi connectivity index (χ2n) is 7.32. The van der Waals surface area contributed by atoms with Crippen molar-refractivity contribution in [2.24, 2.45) is 0 Å². The fourth-order valence-electron chi connectivity index (χ4n) is 3.81. The second kappa shape index (κ2) is 9.52. The molecule has 4 nitrogen and oxygen atoms in total. The van der Waals surface area contributed by atoms with Crippen LogP contribution in [-0.4, -0.2) is 42.0 Å². The summed E-state index contributed by atoms with van der Waals surface area (Å²) in [6.45, 7) is 2.90. The van der Waals surface area contributed by atoms with E-state index in [1.165, 1.54) is 11.1 Å². The number of piperazine rings is 1. The number of benzene rings is 3. The summed E-state index contributed by atoms with van der Waals surface area (Å²) in [5.41, 5.74) is 3.18. The smallest absolute Gasteiger partial charge is 0.321 e. The maximum Gasteiger partial charge on any atom is 0.321 e. The van der Waals surface area contributed by atoms with E-state index >= 15 is 0 Å². The van der Waals surface area contributed by atoms with Crippen molar-refractivity contribution >= 4 is 34.9 Å². The molecule has 1 aliphatic rings. The maximum absolute atomic E-state index is 12.7. The molecule has 1 aliphatic heterocycles. The van der Waals surface area contributed by atoms with Gasteiger partial charge in [-0.15, -0.1) is 0 Å². The molecule has 1 heterocycles. The average Bonchev–Trinajstić information content (AvgIpc) is 2.78. The molecule has 154 valence electrons. The Morgan fingerprint density at radius 3 is 1.87 bits per heavy atom. The van der Waals surface area contributed by atoms with Crippen LogP contribution in [0.5, 0.6) is 0 Å². The minimum absolute atomic E-state index is 0.0836. The first-order valence-corrected chi connectivity index (χ1v) is 10.7. The van der Waals surface area contributed by atoms with Crippen LogP contribution in [0.4, 0.5) is 10.5 Å². The molecular formula is C24H23Cl2N3O. The quantitative estimate of drug-likeness (QED) is 0.546. The number of nitrogens with one attached hydrogen (secondary N) is 1. The summed E-state index contributed by atoms with van der Waals surface area (Å²) >= 11 is 12.0. The summed E-state index contributed by atoms with van der Waals surface area (Å²) in [7, 11) is 0. The van der Waals surface area contributed by atoms with Gasteiger partial charge in [-0.25, -0.2) is 4.79 Å². The van der Waals surface area contributed by atoms with Crippen LogP contribution >= 0.6 is 23.2 Å². The minimum atomic E-state index is -0.0836. The number of rotatable bonds is 4. The van der Waals surface area contributed by atoms with Crippen molar-refractivity contribution in [1.82, 2.24) is 9.80 Å². The van der Waals surface area contributed by atoms with Crippen LogP contribution < -0.4 is 5.32 Å². The van der Waals surface area contributed by atoms with Crippen LogP contribution in [0.1, 0.15) is 17.2 Å². The van der Waals surface area contributed by atoms with Crippen LogP contribution in [0.3, 0.4) is 0 Å². The van der Waals surface area contributed by atoms with Crippen LogP contribution in [0, 0.1) is 0 Å². The van der Waals surface area contributed by atoms with E-state index in [0.29, 0.717) is 18.1 Å². The third-order valence-electron chi connectivity index (χ3n) is 5.36. The SMILES string of the molecule is O=C(Nc1ccc(Cl)cc1)N1CCN(C(c2ccccc2)c2ccc(Cl)cc2)CC1. The average molecular weight is 440 g/mol. The van der Waals surface area contributed by atoms with Crippen molar-refractivity contribution in [2.45, 2.75) is 6.04 Å². The fraction of sp³-hybridized carbons (Fsp3) is 0.208.